The summed E-state index contributed by atoms with van der Waals surface area (Å²) < 4.78 is 13.5. The van der Waals surface area contributed by atoms with Crippen LogP contribution in [0.15, 0.2) is 18.2 Å². The lowest BCUT2D eigenvalue weighted by atomic mass is 10.1. The predicted octanol–water partition coefficient (Wildman–Crippen LogP) is 2.48. The summed E-state index contributed by atoms with van der Waals surface area (Å²) >= 11 is 0. The van der Waals surface area contributed by atoms with Gasteiger partial charge in [-0.05, 0) is 49.6 Å². The molecule has 0 atom stereocenters. The van der Waals surface area contributed by atoms with Crippen LogP contribution in [0.3, 0.4) is 0 Å². The Balaban J connectivity index is 2.13. The molecule has 0 radical (unpaired) electrons. The first-order valence-corrected chi connectivity index (χ1v) is 6.48. The van der Waals surface area contributed by atoms with E-state index in [1.165, 1.54) is 25.0 Å². The molecule has 4 heteroatoms. The van der Waals surface area contributed by atoms with Gasteiger partial charge in [0.2, 0.25) is 0 Å². The molecule has 0 amide bonds. The maximum atomic E-state index is 13.5. The van der Waals surface area contributed by atoms with Crippen molar-refractivity contribution in [3.63, 3.8) is 0 Å². The van der Waals surface area contributed by atoms with Crippen LogP contribution in [-0.4, -0.2) is 23.3 Å². The van der Waals surface area contributed by atoms with E-state index in [-0.39, 0.29) is 11.7 Å². The molecule has 1 aliphatic carbocycles. The monoisotopic (exact) mass is 249 g/mol. The molecule has 3 N–H and O–H groups in total. The van der Waals surface area contributed by atoms with Crippen LogP contribution in [0.4, 0.5) is 4.39 Å². The molecule has 0 spiro atoms. The standard InChI is InChI=1S/C14H20FN3/c1-2-5-18(13-3-4-13)9-10-6-11(14(16)17)8-12(15)7-10/h6-8,13H,2-5,9H2,1H3,(H3,16,17). The van der Waals surface area contributed by atoms with E-state index in [4.69, 9.17) is 11.1 Å². The molecular formula is C14H20FN3. The maximum Gasteiger partial charge on any atom is 0.124 e. The Morgan fingerprint density at radius 1 is 1.44 bits per heavy atom. The van der Waals surface area contributed by atoms with Gasteiger partial charge in [-0.15, -0.1) is 0 Å². The number of hydrogen-bond donors (Lipinski definition) is 2. The van der Waals surface area contributed by atoms with Crippen molar-refractivity contribution < 1.29 is 4.39 Å². The van der Waals surface area contributed by atoms with Crippen LogP contribution in [0.25, 0.3) is 0 Å². The van der Waals surface area contributed by atoms with Crippen molar-refractivity contribution in [2.24, 2.45) is 5.73 Å². The van der Waals surface area contributed by atoms with Gasteiger partial charge in [0, 0.05) is 18.2 Å². The summed E-state index contributed by atoms with van der Waals surface area (Å²) in [4.78, 5) is 2.39. The van der Waals surface area contributed by atoms with Crippen molar-refractivity contribution in [1.82, 2.24) is 4.90 Å². The number of nitrogens with two attached hydrogens (primary N) is 1. The number of nitrogens with zero attached hydrogens (tertiary/aromatic N) is 1. The maximum absolute atomic E-state index is 13.5. The minimum Gasteiger partial charge on any atom is -0.384 e. The highest BCUT2D eigenvalue weighted by Crippen LogP contribution is 2.28. The number of rotatable bonds is 6. The normalized spacial score (nSPS) is 15.1. The highest BCUT2D eigenvalue weighted by Gasteiger charge is 2.28. The first kappa shape index (κ1) is 13.0. The molecule has 1 aromatic carbocycles. The summed E-state index contributed by atoms with van der Waals surface area (Å²) in [6, 6.07) is 5.33. The van der Waals surface area contributed by atoms with E-state index in [2.05, 4.69) is 11.8 Å². The largest absolute Gasteiger partial charge is 0.384 e. The van der Waals surface area contributed by atoms with Crippen LogP contribution >= 0.6 is 0 Å². The lowest BCUT2D eigenvalue weighted by Crippen LogP contribution is -2.26. The van der Waals surface area contributed by atoms with Gasteiger partial charge in [0.05, 0.1) is 0 Å². The molecule has 0 heterocycles. The van der Waals surface area contributed by atoms with Crippen molar-refractivity contribution in [2.45, 2.75) is 38.8 Å². The van der Waals surface area contributed by atoms with E-state index in [0.29, 0.717) is 11.6 Å². The third kappa shape index (κ3) is 3.29. The van der Waals surface area contributed by atoms with Gasteiger partial charge in [-0.3, -0.25) is 10.3 Å². The van der Waals surface area contributed by atoms with Crippen LogP contribution < -0.4 is 5.73 Å². The van der Waals surface area contributed by atoms with E-state index in [1.807, 2.05) is 6.07 Å². The Morgan fingerprint density at radius 3 is 2.72 bits per heavy atom. The molecule has 2 rings (SSSR count). The fraction of sp³-hybridized carbons (Fsp3) is 0.500. The number of halogens is 1. The van der Waals surface area contributed by atoms with Crippen LogP contribution in [-0.2, 0) is 6.54 Å². The van der Waals surface area contributed by atoms with E-state index in [1.54, 1.807) is 0 Å². The van der Waals surface area contributed by atoms with Gasteiger partial charge in [-0.25, -0.2) is 4.39 Å². The minimum absolute atomic E-state index is 0.0794. The number of nitrogen functional groups attached to an aromatic ring is 1. The Hall–Kier alpha value is -1.42. The number of amidine groups is 1. The van der Waals surface area contributed by atoms with Crippen molar-refractivity contribution in [2.75, 3.05) is 6.54 Å². The molecule has 0 bridgehead atoms. The topological polar surface area (TPSA) is 53.1 Å². The highest BCUT2D eigenvalue weighted by atomic mass is 19.1. The summed E-state index contributed by atoms with van der Waals surface area (Å²) in [5.41, 5.74) is 6.79. The fourth-order valence-corrected chi connectivity index (χ4v) is 2.25. The average Bonchev–Trinajstić information content (AvgIpc) is 3.11. The van der Waals surface area contributed by atoms with E-state index < -0.39 is 0 Å². The van der Waals surface area contributed by atoms with E-state index in [9.17, 15) is 4.39 Å². The van der Waals surface area contributed by atoms with Gasteiger partial charge in [0.25, 0.3) is 0 Å². The van der Waals surface area contributed by atoms with Crippen molar-refractivity contribution in [1.29, 1.82) is 5.41 Å². The molecule has 1 fully saturated rings. The molecule has 18 heavy (non-hydrogen) atoms. The lowest BCUT2D eigenvalue weighted by molar-refractivity contribution is 0.255. The second-order valence-electron chi connectivity index (χ2n) is 4.96. The second kappa shape index (κ2) is 5.48. The molecule has 1 aliphatic rings. The average molecular weight is 249 g/mol. The van der Waals surface area contributed by atoms with Crippen molar-refractivity contribution in [3.05, 3.63) is 35.1 Å². The number of benzene rings is 1. The van der Waals surface area contributed by atoms with Gasteiger partial charge in [-0.2, -0.15) is 0 Å². The summed E-state index contributed by atoms with van der Waals surface area (Å²) in [5.74, 6) is -0.394. The summed E-state index contributed by atoms with van der Waals surface area (Å²) in [6.07, 6.45) is 3.59. The van der Waals surface area contributed by atoms with E-state index in [0.717, 1.165) is 25.1 Å². The van der Waals surface area contributed by atoms with Crippen LogP contribution in [0, 0.1) is 11.2 Å². The molecule has 0 unspecified atom stereocenters. The summed E-state index contributed by atoms with van der Waals surface area (Å²) in [7, 11) is 0. The van der Waals surface area contributed by atoms with Crippen molar-refractivity contribution in [3.8, 4) is 0 Å². The molecule has 0 aliphatic heterocycles. The first-order chi connectivity index (χ1) is 8.60. The van der Waals surface area contributed by atoms with Crippen LogP contribution in [0.1, 0.15) is 37.3 Å². The van der Waals surface area contributed by atoms with Gasteiger partial charge < -0.3 is 5.73 Å². The number of hydrogen-bond acceptors (Lipinski definition) is 2. The molecule has 1 saturated carbocycles. The van der Waals surface area contributed by atoms with Gasteiger partial charge >= 0.3 is 0 Å². The molecule has 98 valence electrons. The Labute approximate surface area is 107 Å². The fourth-order valence-electron chi connectivity index (χ4n) is 2.25. The lowest BCUT2D eigenvalue weighted by Gasteiger charge is -2.21. The predicted molar refractivity (Wildman–Crippen MR) is 71.1 cm³/mol. The smallest absolute Gasteiger partial charge is 0.124 e. The third-order valence-electron chi connectivity index (χ3n) is 3.23. The molecule has 0 aromatic heterocycles. The molecule has 0 saturated heterocycles. The second-order valence-corrected chi connectivity index (χ2v) is 4.96. The van der Waals surface area contributed by atoms with E-state index >= 15 is 0 Å². The number of nitrogens with one attached hydrogen (secondary N) is 1. The summed E-state index contributed by atoms with van der Waals surface area (Å²) in [6.45, 7) is 3.94. The Bertz CT molecular complexity index is 441. The van der Waals surface area contributed by atoms with Gasteiger partial charge in [-0.1, -0.05) is 6.92 Å². The third-order valence-corrected chi connectivity index (χ3v) is 3.23. The Kier molecular flexibility index (Phi) is 3.97. The quantitative estimate of drug-likeness (QED) is 0.601. The first-order valence-electron chi connectivity index (χ1n) is 6.48. The van der Waals surface area contributed by atoms with Crippen molar-refractivity contribution >= 4 is 5.84 Å². The molecule has 3 nitrogen and oxygen atoms in total. The highest BCUT2D eigenvalue weighted by molar-refractivity contribution is 5.95. The zero-order chi connectivity index (χ0) is 13.1. The molecular weight excluding hydrogens is 229 g/mol. The zero-order valence-electron chi connectivity index (χ0n) is 10.7. The SMILES string of the molecule is CCCN(Cc1cc(F)cc(C(=N)N)c1)C1CC1. The van der Waals surface area contributed by atoms with Gasteiger partial charge in [0.15, 0.2) is 0 Å². The zero-order valence-corrected chi connectivity index (χ0v) is 10.7. The van der Waals surface area contributed by atoms with Gasteiger partial charge in [0.1, 0.15) is 11.7 Å². The van der Waals surface area contributed by atoms with Crippen LogP contribution in [0.5, 0.6) is 0 Å². The van der Waals surface area contributed by atoms with Crippen LogP contribution in [0.2, 0.25) is 0 Å². The minimum atomic E-state index is -0.315. The Morgan fingerprint density at radius 2 is 2.17 bits per heavy atom. The molecule has 1 aromatic rings. The summed E-state index contributed by atoms with van der Waals surface area (Å²) in [5, 5.41) is 7.39.